The smallest absolute Gasteiger partial charge is 0.247 e. The fourth-order valence-corrected chi connectivity index (χ4v) is 3.17. The van der Waals surface area contributed by atoms with Gasteiger partial charge in [0.25, 0.3) is 0 Å². The molecule has 1 heterocycles. The molecule has 1 atom stereocenters. The van der Waals surface area contributed by atoms with Crippen molar-refractivity contribution in [1.29, 1.82) is 0 Å². The van der Waals surface area contributed by atoms with Crippen LogP contribution in [0.2, 0.25) is 5.02 Å². The van der Waals surface area contributed by atoms with Crippen LogP contribution < -0.4 is 9.47 Å². The number of hydrogen-bond acceptors (Lipinski definition) is 4. The van der Waals surface area contributed by atoms with Gasteiger partial charge < -0.3 is 19.1 Å². The van der Waals surface area contributed by atoms with Gasteiger partial charge in [0.15, 0.2) is 11.5 Å². The second-order valence-corrected chi connectivity index (χ2v) is 6.56. The van der Waals surface area contributed by atoms with Crippen LogP contribution >= 0.6 is 11.6 Å². The highest BCUT2D eigenvalue weighted by Gasteiger charge is 2.27. The Morgan fingerprint density at radius 2 is 1.89 bits per heavy atom. The summed E-state index contributed by atoms with van der Waals surface area (Å²) in [6, 6.07) is 12.9. The van der Waals surface area contributed by atoms with Gasteiger partial charge in [-0.2, -0.15) is 0 Å². The molecule has 1 aliphatic heterocycles. The molecule has 5 nitrogen and oxygen atoms in total. The molecule has 142 valence electrons. The molecule has 1 unspecified atom stereocenters. The number of carbonyl (C=O) groups is 1. The molecule has 0 aliphatic carbocycles. The summed E-state index contributed by atoms with van der Waals surface area (Å²) in [5.74, 6) is 1.21. The molecule has 1 saturated heterocycles. The van der Waals surface area contributed by atoms with Crippen molar-refractivity contribution in [2.75, 3.05) is 34.0 Å². The zero-order valence-electron chi connectivity index (χ0n) is 15.4. The van der Waals surface area contributed by atoms with Gasteiger partial charge in [-0.15, -0.1) is 0 Å². The number of benzene rings is 2. The SMILES string of the molecule is COc1ccc(C=CC(=O)N2CCOCC2c2ccc(Cl)cc2)cc1OC. The molecule has 3 rings (SSSR count). The summed E-state index contributed by atoms with van der Waals surface area (Å²) in [5.41, 5.74) is 1.87. The first-order valence-electron chi connectivity index (χ1n) is 8.66. The molecular formula is C21H22ClNO4. The molecule has 0 spiro atoms. The molecule has 6 heteroatoms. The molecular weight excluding hydrogens is 366 g/mol. The van der Waals surface area contributed by atoms with Crippen molar-refractivity contribution in [2.45, 2.75) is 6.04 Å². The second-order valence-electron chi connectivity index (χ2n) is 6.12. The molecule has 0 bridgehead atoms. The van der Waals surface area contributed by atoms with Crippen LogP contribution in [0.3, 0.4) is 0 Å². The van der Waals surface area contributed by atoms with E-state index in [2.05, 4.69) is 0 Å². The highest BCUT2D eigenvalue weighted by Crippen LogP contribution is 2.29. The van der Waals surface area contributed by atoms with Gasteiger partial charge in [0.05, 0.1) is 33.5 Å². The average Bonchev–Trinajstić information content (AvgIpc) is 2.72. The van der Waals surface area contributed by atoms with Crippen LogP contribution in [-0.2, 0) is 9.53 Å². The van der Waals surface area contributed by atoms with Crippen LogP contribution in [0.5, 0.6) is 11.5 Å². The number of halogens is 1. The molecule has 2 aromatic carbocycles. The predicted octanol–water partition coefficient (Wildman–Crippen LogP) is 3.97. The first kappa shape index (κ1) is 19.3. The van der Waals surface area contributed by atoms with Gasteiger partial charge in [-0.25, -0.2) is 0 Å². The van der Waals surface area contributed by atoms with E-state index in [-0.39, 0.29) is 11.9 Å². The van der Waals surface area contributed by atoms with Gasteiger partial charge in [0, 0.05) is 17.6 Å². The Bertz CT molecular complexity index is 819. The molecule has 27 heavy (non-hydrogen) atoms. The number of ether oxygens (including phenoxy) is 3. The summed E-state index contributed by atoms with van der Waals surface area (Å²) in [6.07, 6.45) is 3.36. The largest absolute Gasteiger partial charge is 0.493 e. The Labute approximate surface area is 164 Å². The van der Waals surface area contributed by atoms with Gasteiger partial charge >= 0.3 is 0 Å². The van der Waals surface area contributed by atoms with Crippen molar-refractivity contribution in [3.05, 3.63) is 64.7 Å². The van der Waals surface area contributed by atoms with Crippen molar-refractivity contribution in [1.82, 2.24) is 4.90 Å². The lowest BCUT2D eigenvalue weighted by molar-refractivity contribution is -0.134. The van der Waals surface area contributed by atoms with Gasteiger partial charge in [-0.05, 0) is 41.5 Å². The van der Waals surface area contributed by atoms with Crippen LogP contribution in [0.15, 0.2) is 48.5 Å². The molecule has 0 saturated carbocycles. The fraction of sp³-hybridized carbons (Fsp3) is 0.286. The zero-order chi connectivity index (χ0) is 19.2. The van der Waals surface area contributed by atoms with E-state index in [1.54, 1.807) is 26.4 Å². The van der Waals surface area contributed by atoms with Crippen molar-refractivity contribution in [3.63, 3.8) is 0 Å². The number of rotatable bonds is 5. The minimum Gasteiger partial charge on any atom is -0.493 e. The molecule has 0 N–H and O–H groups in total. The Balaban J connectivity index is 1.77. The Kier molecular flexibility index (Phi) is 6.37. The first-order valence-corrected chi connectivity index (χ1v) is 9.04. The number of morpholine rings is 1. The number of methoxy groups -OCH3 is 2. The van der Waals surface area contributed by atoms with Crippen LogP contribution in [0.25, 0.3) is 6.08 Å². The van der Waals surface area contributed by atoms with E-state index in [0.717, 1.165) is 11.1 Å². The monoisotopic (exact) mass is 387 g/mol. The van der Waals surface area contributed by atoms with Crippen molar-refractivity contribution < 1.29 is 19.0 Å². The second kappa shape index (κ2) is 8.93. The molecule has 2 aromatic rings. The summed E-state index contributed by atoms with van der Waals surface area (Å²) in [5, 5.41) is 0.668. The fourth-order valence-electron chi connectivity index (χ4n) is 3.05. The highest BCUT2D eigenvalue weighted by molar-refractivity contribution is 6.30. The maximum absolute atomic E-state index is 12.8. The minimum absolute atomic E-state index is 0.0620. The topological polar surface area (TPSA) is 48.0 Å². The maximum atomic E-state index is 12.8. The number of carbonyl (C=O) groups excluding carboxylic acids is 1. The molecule has 1 amide bonds. The molecule has 1 fully saturated rings. The van der Waals surface area contributed by atoms with Crippen molar-refractivity contribution in [2.24, 2.45) is 0 Å². The Morgan fingerprint density at radius 1 is 1.15 bits per heavy atom. The maximum Gasteiger partial charge on any atom is 0.247 e. The summed E-state index contributed by atoms with van der Waals surface area (Å²) in [7, 11) is 3.17. The van der Waals surface area contributed by atoms with Gasteiger partial charge in [-0.3, -0.25) is 4.79 Å². The lowest BCUT2D eigenvalue weighted by Crippen LogP contribution is -2.42. The number of amides is 1. The minimum atomic E-state index is -0.126. The summed E-state index contributed by atoms with van der Waals surface area (Å²) >= 11 is 5.97. The average molecular weight is 388 g/mol. The van der Waals surface area contributed by atoms with Gasteiger partial charge in [0.1, 0.15) is 0 Å². The van der Waals surface area contributed by atoms with E-state index in [1.807, 2.05) is 47.4 Å². The normalized spacial score (nSPS) is 17.1. The zero-order valence-corrected chi connectivity index (χ0v) is 16.1. The highest BCUT2D eigenvalue weighted by atomic mass is 35.5. The Hall–Kier alpha value is -2.50. The third-order valence-corrected chi connectivity index (χ3v) is 4.74. The van der Waals surface area contributed by atoms with Gasteiger partial charge in [-0.1, -0.05) is 29.8 Å². The van der Waals surface area contributed by atoms with E-state index in [4.69, 9.17) is 25.8 Å². The number of nitrogens with zero attached hydrogens (tertiary/aromatic N) is 1. The third-order valence-electron chi connectivity index (χ3n) is 4.49. The first-order chi connectivity index (χ1) is 13.1. The van der Waals surface area contributed by atoms with E-state index < -0.39 is 0 Å². The summed E-state index contributed by atoms with van der Waals surface area (Å²) in [4.78, 5) is 14.6. The third kappa shape index (κ3) is 4.62. The lowest BCUT2D eigenvalue weighted by atomic mass is 10.0. The Morgan fingerprint density at radius 3 is 2.59 bits per heavy atom. The van der Waals surface area contributed by atoms with E-state index in [9.17, 15) is 4.79 Å². The van der Waals surface area contributed by atoms with Crippen molar-refractivity contribution >= 4 is 23.6 Å². The summed E-state index contributed by atoms with van der Waals surface area (Å²) in [6.45, 7) is 1.54. The predicted molar refractivity (Wildman–Crippen MR) is 105 cm³/mol. The van der Waals surface area contributed by atoms with Crippen molar-refractivity contribution in [3.8, 4) is 11.5 Å². The molecule has 1 aliphatic rings. The van der Waals surface area contributed by atoms with Crippen LogP contribution in [0, 0.1) is 0 Å². The standard InChI is InChI=1S/C21H22ClNO4/c1-25-19-9-3-15(13-20(19)26-2)4-10-21(24)23-11-12-27-14-18(23)16-5-7-17(22)8-6-16/h3-10,13,18H,11-12,14H2,1-2H3. The van der Waals surface area contributed by atoms with E-state index in [1.165, 1.54) is 0 Å². The van der Waals surface area contributed by atoms with Crippen LogP contribution in [-0.4, -0.2) is 44.8 Å². The van der Waals surface area contributed by atoms with Crippen LogP contribution in [0.1, 0.15) is 17.2 Å². The molecule has 0 aromatic heterocycles. The van der Waals surface area contributed by atoms with Gasteiger partial charge in [0.2, 0.25) is 5.91 Å². The molecule has 0 radical (unpaired) electrons. The van der Waals surface area contributed by atoms with Crippen LogP contribution in [0.4, 0.5) is 0 Å². The number of hydrogen-bond donors (Lipinski definition) is 0. The lowest BCUT2D eigenvalue weighted by Gasteiger charge is -2.35. The van der Waals surface area contributed by atoms with E-state index >= 15 is 0 Å². The summed E-state index contributed by atoms with van der Waals surface area (Å²) < 4.78 is 16.1. The quantitative estimate of drug-likeness (QED) is 0.728. The van der Waals surface area contributed by atoms with E-state index in [0.29, 0.717) is 36.3 Å².